The molecule has 1 fully saturated rings. The molecule has 1 aliphatic heterocycles. The molecule has 1 aliphatic rings. The first-order valence-corrected chi connectivity index (χ1v) is 9.18. The number of aromatic nitrogens is 2. The van der Waals surface area contributed by atoms with Crippen molar-refractivity contribution < 1.29 is 19.1 Å². The van der Waals surface area contributed by atoms with Crippen molar-refractivity contribution in [3.8, 4) is 0 Å². The number of ether oxygens (including phenoxy) is 1. The maximum Gasteiger partial charge on any atom is 0.343 e. The second-order valence-electron chi connectivity index (χ2n) is 5.89. The minimum Gasteiger partial charge on any atom is -0.462 e. The number of carbonyl (C=O) groups is 3. The summed E-state index contributed by atoms with van der Waals surface area (Å²) in [5.74, 6) is -1.25. The van der Waals surface area contributed by atoms with Crippen LogP contribution < -0.4 is 10.6 Å². The summed E-state index contributed by atoms with van der Waals surface area (Å²) in [7, 11) is 0. The minimum atomic E-state index is -0.647. The molecule has 1 saturated heterocycles. The third-order valence-electron chi connectivity index (χ3n) is 3.94. The van der Waals surface area contributed by atoms with Crippen LogP contribution in [0.4, 0.5) is 11.5 Å². The first-order chi connectivity index (χ1) is 12.9. The van der Waals surface area contributed by atoms with Crippen LogP contribution in [-0.2, 0) is 14.3 Å². The standard InChI is InChI=1S/C18H18N4O4S/c1-3-26-17(25)12-9-20-18(21-15(12)19)27-13-8-14(23)22(16(13)24)11-6-4-10(2)5-7-11/h4-7,9,13H,3,8H2,1-2H3,(H2,19,20,21)/t13-/m0/s1. The van der Waals surface area contributed by atoms with Crippen LogP contribution in [-0.4, -0.2) is 39.6 Å². The lowest BCUT2D eigenvalue weighted by Gasteiger charge is -2.15. The fourth-order valence-electron chi connectivity index (χ4n) is 2.59. The van der Waals surface area contributed by atoms with E-state index in [1.54, 1.807) is 19.1 Å². The van der Waals surface area contributed by atoms with Gasteiger partial charge in [-0.05, 0) is 26.0 Å². The van der Waals surface area contributed by atoms with Gasteiger partial charge in [-0.25, -0.2) is 19.7 Å². The fraction of sp³-hybridized carbons (Fsp3) is 0.278. The van der Waals surface area contributed by atoms with Gasteiger partial charge in [-0.3, -0.25) is 9.59 Å². The Balaban J connectivity index is 1.76. The van der Waals surface area contributed by atoms with Crippen molar-refractivity contribution in [1.82, 2.24) is 9.97 Å². The van der Waals surface area contributed by atoms with E-state index in [4.69, 9.17) is 10.5 Å². The van der Waals surface area contributed by atoms with Gasteiger partial charge in [0.25, 0.3) is 0 Å². The van der Waals surface area contributed by atoms with Gasteiger partial charge in [0, 0.05) is 12.6 Å². The molecule has 2 heterocycles. The zero-order valence-electron chi connectivity index (χ0n) is 14.8. The predicted molar refractivity (Wildman–Crippen MR) is 100 cm³/mol. The number of hydrogen-bond acceptors (Lipinski definition) is 8. The average molecular weight is 386 g/mol. The highest BCUT2D eigenvalue weighted by Crippen LogP contribution is 2.33. The third-order valence-corrected chi connectivity index (χ3v) is 5.00. The third kappa shape index (κ3) is 3.92. The summed E-state index contributed by atoms with van der Waals surface area (Å²) in [5, 5.41) is -0.427. The number of thioether (sulfide) groups is 1. The summed E-state index contributed by atoms with van der Waals surface area (Å²) >= 11 is 1.05. The lowest BCUT2D eigenvalue weighted by molar-refractivity contribution is -0.121. The van der Waals surface area contributed by atoms with Gasteiger partial charge >= 0.3 is 5.97 Å². The number of esters is 1. The molecule has 1 atom stereocenters. The van der Waals surface area contributed by atoms with Gasteiger partial charge in [-0.2, -0.15) is 0 Å². The number of carbonyl (C=O) groups excluding carboxylic acids is 3. The Labute approximate surface area is 160 Å². The van der Waals surface area contributed by atoms with E-state index in [1.165, 1.54) is 11.1 Å². The molecule has 2 amide bonds. The highest BCUT2D eigenvalue weighted by molar-refractivity contribution is 8.00. The van der Waals surface area contributed by atoms with E-state index in [2.05, 4.69) is 9.97 Å². The number of anilines is 2. The van der Waals surface area contributed by atoms with Crippen LogP contribution in [0, 0.1) is 6.92 Å². The van der Waals surface area contributed by atoms with Crippen LogP contribution in [0.1, 0.15) is 29.3 Å². The van der Waals surface area contributed by atoms with Gasteiger partial charge in [0.05, 0.1) is 12.3 Å². The summed E-state index contributed by atoms with van der Waals surface area (Å²) in [4.78, 5) is 46.0. The Morgan fingerprint density at radius 1 is 1.33 bits per heavy atom. The average Bonchev–Trinajstić information content (AvgIpc) is 2.90. The molecule has 0 spiro atoms. The number of nitrogens with zero attached hydrogens (tertiary/aromatic N) is 3. The van der Waals surface area contributed by atoms with Gasteiger partial charge in [0.1, 0.15) is 16.6 Å². The van der Waals surface area contributed by atoms with Crippen molar-refractivity contribution >= 4 is 41.1 Å². The lowest BCUT2D eigenvalue weighted by atomic mass is 10.2. The molecule has 140 valence electrons. The zero-order valence-corrected chi connectivity index (χ0v) is 15.7. The summed E-state index contributed by atoms with van der Waals surface area (Å²) < 4.78 is 4.87. The smallest absolute Gasteiger partial charge is 0.343 e. The van der Waals surface area contributed by atoms with Crippen LogP contribution in [0.5, 0.6) is 0 Å². The van der Waals surface area contributed by atoms with Crippen molar-refractivity contribution in [1.29, 1.82) is 0 Å². The molecule has 2 aromatic rings. The van der Waals surface area contributed by atoms with Gasteiger partial charge < -0.3 is 10.5 Å². The van der Waals surface area contributed by atoms with Crippen molar-refractivity contribution in [3.05, 3.63) is 41.6 Å². The highest BCUT2D eigenvalue weighted by atomic mass is 32.2. The molecule has 9 heteroatoms. The maximum absolute atomic E-state index is 12.7. The predicted octanol–water partition coefficient (Wildman–Crippen LogP) is 1.97. The van der Waals surface area contributed by atoms with Gasteiger partial charge in [0.15, 0.2) is 5.16 Å². The van der Waals surface area contributed by atoms with Crippen molar-refractivity contribution in [3.63, 3.8) is 0 Å². The van der Waals surface area contributed by atoms with Crippen molar-refractivity contribution in [2.45, 2.75) is 30.7 Å². The molecular formula is C18H18N4O4S. The SMILES string of the molecule is CCOC(=O)c1cnc(S[C@H]2CC(=O)N(c3ccc(C)cc3)C2=O)nc1N. The number of imide groups is 1. The van der Waals surface area contributed by atoms with E-state index in [0.717, 1.165) is 17.3 Å². The molecule has 0 saturated carbocycles. The number of hydrogen-bond donors (Lipinski definition) is 1. The van der Waals surface area contributed by atoms with Crippen molar-refractivity contribution in [2.75, 3.05) is 17.2 Å². The Kier molecular flexibility index (Phi) is 5.41. The first kappa shape index (κ1) is 18.8. The molecule has 8 nitrogen and oxygen atoms in total. The second kappa shape index (κ2) is 7.75. The number of benzene rings is 1. The van der Waals surface area contributed by atoms with Crippen LogP contribution in [0.3, 0.4) is 0 Å². The largest absolute Gasteiger partial charge is 0.462 e. The minimum absolute atomic E-state index is 0.0295. The van der Waals surface area contributed by atoms with E-state index < -0.39 is 11.2 Å². The molecule has 0 unspecified atom stereocenters. The maximum atomic E-state index is 12.7. The molecule has 0 radical (unpaired) electrons. The number of aryl methyl sites for hydroxylation is 1. The van der Waals surface area contributed by atoms with Gasteiger partial charge in [-0.1, -0.05) is 29.5 Å². The van der Waals surface area contributed by atoms with Crippen LogP contribution >= 0.6 is 11.8 Å². The summed E-state index contributed by atoms with van der Waals surface area (Å²) in [5.41, 5.74) is 7.43. The number of nitrogen functional groups attached to an aromatic ring is 1. The van der Waals surface area contributed by atoms with E-state index in [1.807, 2.05) is 19.1 Å². The summed E-state index contributed by atoms with van der Waals surface area (Å²) in [6.45, 7) is 3.82. The number of amides is 2. The van der Waals surface area contributed by atoms with Crippen LogP contribution in [0.2, 0.25) is 0 Å². The lowest BCUT2D eigenvalue weighted by Crippen LogP contribution is -2.31. The van der Waals surface area contributed by atoms with Gasteiger partial charge in [0.2, 0.25) is 11.8 Å². The number of rotatable bonds is 5. The van der Waals surface area contributed by atoms with E-state index in [9.17, 15) is 14.4 Å². The molecule has 2 N–H and O–H groups in total. The Bertz CT molecular complexity index is 901. The second-order valence-corrected chi connectivity index (χ2v) is 7.06. The zero-order chi connectivity index (χ0) is 19.6. The fourth-order valence-corrected chi connectivity index (χ4v) is 3.54. The monoisotopic (exact) mass is 386 g/mol. The van der Waals surface area contributed by atoms with Crippen LogP contribution in [0.15, 0.2) is 35.6 Å². The Morgan fingerprint density at radius 3 is 2.67 bits per heavy atom. The first-order valence-electron chi connectivity index (χ1n) is 8.30. The molecule has 0 aliphatic carbocycles. The quantitative estimate of drug-likeness (QED) is 0.471. The van der Waals surface area contributed by atoms with E-state index in [-0.39, 0.29) is 41.4 Å². The van der Waals surface area contributed by atoms with E-state index >= 15 is 0 Å². The van der Waals surface area contributed by atoms with Gasteiger partial charge in [-0.15, -0.1) is 0 Å². The number of nitrogens with two attached hydrogens (primary N) is 1. The molecule has 0 bridgehead atoms. The molecule has 1 aromatic carbocycles. The van der Waals surface area contributed by atoms with E-state index in [0.29, 0.717) is 5.69 Å². The van der Waals surface area contributed by atoms with Crippen molar-refractivity contribution in [2.24, 2.45) is 0 Å². The normalized spacial score (nSPS) is 16.7. The summed E-state index contributed by atoms with van der Waals surface area (Å²) in [6.07, 6.45) is 1.31. The molecule has 1 aromatic heterocycles. The molecule has 3 rings (SSSR count). The summed E-state index contributed by atoms with van der Waals surface area (Å²) in [6, 6.07) is 7.16. The topological polar surface area (TPSA) is 115 Å². The van der Waals surface area contributed by atoms with Crippen LogP contribution in [0.25, 0.3) is 0 Å². The highest BCUT2D eigenvalue weighted by Gasteiger charge is 2.40. The molecule has 27 heavy (non-hydrogen) atoms. The Morgan fingerprint density at radius 2 is 2.04 bits per heavy atom. The Hall–Kier alpha value is -2.94. The molecular weight excluding hydrogens is 368 g/mol.